The van der Waals surface area contributed by atoms with Gasteiger partial charge in [0.15, 0.2) is 5.67 Å². The molecule has 0 saturated heterocycles. The molecular weight excluding hydrogens is 155 g/mol. The van der Waals surface area contributed by atoms with E-state index in [1.807, 2.05) is 19.1 Å². The van der Waals surface area contributed by atoms with Gasteiger partial charge in [0.1, 0.15) is 0 Å². The van der Waals surface area contributed by atoms with Crippen molar-refractivity contribution >= 4 is 0 Å². The maximum absolute atomic E-state index is 13.6. The third-order valence-corrected chi connectivity index (χ3v) is 2.00. The van der Waals surface area contributed by atoms with Crippen LogP contribution in [-0.4, -0.2) is 11.7 Å². The highest BCUT2D eigenvalue weighted by atomic mass is 19.1. The summed E-state index contributed by atoms with van der Waals surface area (Å²) in [4.78, 5) is 0. The van der Waals surface area contributed by atoms with E-state index in [2.05, 4.69) is 0 Å². The number of aryl methyl sites for hydroxylation is 1. The van der Waals surface area contributed by atoms with Gasteiger partial charge >= 0.3 is 0 Å². The summed E-state index contributed by atoms with van der Waals surface area (Å²) in [5, 5.41) is 8.80. The van der Waals surface area contributed by atoms with Crippen molar-refractivity contribution < 1.29 is 9.50 Å². The van der Waals surface area contributed by atoms with Crippen LogP contribution in [0.4, 0.5) is 4.39 Å². The molecule has 0 aromatic heterocycles. The summed E-state index contributed by atoms with van der Waals surface area (Å²) in [6, 6.07) is 7.16. The van der Waals surface area contributed by atoms with Gasteiger partial charge in [0.05, 0.1) is 6.61 Å². The van der Waals surface area contributed by atoms with Gasteiger partial charge in [-0.05, 0) is 25.0 Å². The molecule has 0 fully saturated rings. The van der Waals surface area contributed by atoms with E-state index in [1.54, 1.807) is 12.1 Å². The predicted molar refractivity (Wildman–Crippen MR) is 46.7 cm³/mol. The topological polar surface area (TPSA) is 20.2 Å². The Balaban J connectivity index is 3.10. The van der Waals surface area contributed by atoms with E-state index in [0.717, 1.165) is 5.56 Å². The highest BCUT2D eigenvalue weighted by Crippen LogP contribution is 2.27. The standard InChI is InChI=1S/C10H13FO/c1-8-5-3-4-6-9(8)10(2,11)7-12/h3-6,12H,7H2,1-2H3. The molecule has 66 valence electrons. The van der Waals surface area contributed by atoms with Crippen LogP contribution in [0.15, 0.2) is 24.3 Å². The maximum atomic E-state index is 13.6. The first-order valence-electron chi connectivity index (χ1n) is 3.94. The number of hydrogen-bond acceptors (Lipinski definition) is 1. The predicted octanol–water partition coefficient (Wildman–Crippen LogP) is 2.17. The van der Waals surface area contributed by atoms with Gasteiger partial charge in [-0.2, -0.15) is 0 Å². The summed E-state index contributed by atoms with van der Waals surface area (Å²) < 4.78 is 13.6. The third kappa shape index (κ3) is 1.64. The summed E-state index contributed by atoms with van der Waals surface area (Å²) in [6.45, 7) is 2.75. The lowest BCUT2D eigenvalue weighted by Gasteiger charge is -2.19. The number of aliphatic hydroxyl groups excluding tert-OH is 1. The van der Waals surface area contributed by atoms with Crippen molar-refractivity contribution in [2.75, 3.05) is 6.61 Å². The van der Waals surface area contributed by atoms with Crippen molar-refractivity contribution in [3.8, 4) is 0 Å². The van der Waals surface area contributed by atoms with Gasteiger partial charge < -0.3 is 5.11 Å². The van der Waals surface area contributed by atoms with Crippen molar-refractivity contribution in [3.63, 3.8) is 0 Å². The van der Waals surface area contributed by atoms with Crippen LogP contribution in [0.1, 0.15) is 18.1 Å². The normalized spacial score (nSPS) is 15.7. The van der Waals surface area contributed by atoms with Crippen molar-refractivity contribution in [2.24, 2.45) is 0 Å². The lowest BCUT2D eigenvalue weighted by molar-refractivity contribution is 0.0862. The number of alkyl halides is 1. The number of hydrogen-bond donors (Lipinski definition) is 1. The smallest absolute Gasteiger partial charge is 0.156 e. The second kappa shape index (κ2) is 3.23. The van der Waals surface area contributed by atoms with Gasteiger partial charge in [-0.25, -0.2) is 4.39 Å². The second-order valence-corrected chi connectivity index (χ2v) is 3.17. The van der Waals surface area contributed by atoms with E-state index >= 15 is 0 Å². The molecule has 0 radical (unpaired) electrons. The molecule has 0 aliphatic carbocycles. The molecule has 1 unspecified atom stereocenters. The molecule has 0 aliphatic heterocycles. The van der Waals surface area contributed by atoms with Crippen molar-refractivity contribution in [1.29, 1.82) is 0 Å². The molecule has 1 aromatic carbocycles. The molecule has 0 heterocycles. The summed E-state index contributed by atoms with van der Waals surface area (Å²) in [5.41, 5.74) is -0.185. The molecule has 1 rings (SSSR count). The van der Waals surface area contributed by atoms with Crippen LogP contribution in [0, 0.1) is 6.92 Å². The highest BCUT2D eigenvalue weighted by Gasteiger charge is 2.25. The Hall–Kier alpha value is -0.890. The molecule has 0 amide bonds. The minimum absolute atomic E-state index is 0.474. The van der Waals surface area contributed by atoms with Crippen LogP contribution in [0.2, 0.25) is 0 Å². The zero-order valence-corrected chi connectivity index (χ0v) is 7.34. The minimum Gasteiger partial charge on any atom is -0.393 e. The van der Waals surface area contributed by atoms with E-state index in [1.165, 1.54) is 6.92 Å². The molecule has 1 atom stereocenters. The number of aliphatic hydroxyl groups is 1. The first-order valence-corrected chi connectivity index (χ1v) is 3.94. The molecule has 1 nitrogen and oxygen atoms in total. The number of rotatable bonds is 2. The van der Waals surface area contributed by atoms with Crippen molar-refractivity contribution in [2.45, 2.75) is 19.5 Å². The summed E-state index contributed by atoms with van der Waals surface area (Å²) >= 11 is 0. The second-order valence-electron chi connectivity index (χ2n) is 3.17. The van der Waals surface area contributed by atoms with Gasteiger partial charge in [0.25, 0.3) is 0 Å². The molecule has 1 aromatic rings. The molecule has 0 aliphatic rings. The van der Waals surface area contributed by atoms with Gasteiger partial charge in [-0.3, -0.25) is 0 Å². The minimum atomic E-state index is -1.62. The van der Waals surface area contributed by atoms with E-state index in [4.69, 9.17) is 5.11 Å². The number of halogens is 1. The van der Waals surface area contributed by atoms with Gasteiger partial charge in [-0.1, -0.05) is 24.3 Å². The SMILES string of the molecule is Cc1ccccc1C(C)(F)CO. The highest BCUT2D eigenvalue weighted by molar-refractivity contribution is 5.30. The van der Waals surface area contributed by atoms with Crippen LogP contribution in [0.3, 0.4) is 0 Å². The molecule has 0 bridgehead atoms. The third-order valence-electron chi connectivity index (χ3n) is 2.00. The fraction of sp³-hybridized carbons (Fsp3) is 0.400. The fourth-order valence-electron chi connectivity index (χ4n) is 1.24. The maximum Gasteiger partial charge on any atom is 0.156 e. The van der Waals surface area contributed by atoms with Gasteiger partial charge in [0, 0.05) is 0 Å². The molecular formula is C10H13FO. The Bertz CT molecular complexity index is 268. The Kier molecular flexibility index (Phi) is 2.48. The summed E-state index contributed by atoms with van der Waals surface area (Å²) in [6.07, 6.45) is 0. The van der Waals surface area contributed by atoms with Crippen LogP contribution in [0.25, 0.3) is 0 Å². The lowest BCUT2D eigenvalue weighted by Crippen LogP contribution is -2.21. The summed E-state index contributed by atoms with van der Waals surface area (Å²) in [7, 11) is 0. The Morgan fingerprint density at radius 1 is 1.42 bits per heavy atom. The Morgan fingerprint density at radius 2 is 2.00 bits per heavy atom. The molecule has 12 heavy (non-hydrogen) atoms. The average molecular weight is 168 g/mol. The monoisotopic (exact) mass is 168 g/mol. The van der Waals surface area contributed by atoms with Crippen LogP contribution in [-0.2, 0) is 5.67 Å². The van der Waals surface area contributed by atoms with Crippen LogP contribution in [0.5, 0.6) is 0 Å². The fourth-order valence-corrected chi connectivity index (χ4v) is 1.24. The Morgan fingerprint density at radius 3 is 2.50 bits per heavy atom. The van der Waals surface area contributed by atoms with Crippen molar-refractivity contribution in [3.05, 3.63) is 35.4 Å². The van der Waals surface area contributed by atoms with E-state index in [9.17, 15) is 4.39 Å². The number of benzene rings is 1. The van der Waals surface area contributed by atoms with Gasteiger partial charge in [-0.15, -0.1) is 0 Å². The lowest BCUT2D eigenvalue weighted by atomic mass is 9.95. The zero-order chi connectivity index (χ0) is 9.19. The molecule has 2 heteroatoms. The van der Waals surface area contributed by atoms with E-state index in [-0.39, 0.29) is 0 Å². The van der Waals surface area contributed by atoms with Gasteiger partial charge in [0.2, 0.25) is 0 Å². The van der Waals surface area contributed by atoms with E-state index < -0.39 is 12.3 Å². The zero-order valence-electron chi connectivity index (χ0n) is 7.34. The first-order chi connectivity index (χ1) is 5.58. The van der Waals surface area contributed by atoms with Crippen LogP contribution < -0.4 is 0 Å². The largest absolute Gasteiger partial charge is 0.393 e. The summed E-state index contributed by atoms with van der Waals surface area (Å²) in [5.74, 6) is 0. The van der Waals surface area contributed by atoms with Crippen molar-refractivity contribution in [1.82, 2.24) is 0 Å². The quantitative estimate of drug-likeness (QED) is 0.717. The molecule has 0 spiro atoms. The Labute approximate surface area is 71.9 Å². The van der Waals surface area contributed by atoms with E-state index in [0.29, 0.717) is 5.56 Å². The average Bonchev–Trinajstić information content (AvgIpc) is 2.05. The first kappa shape index (κ1) is 9.20. The van der Waals surface area contributed by atoms with Crippen LogP contribution >= 0.6 is 0 Å². The molecule has 1 N–H and O–H groups in total. The molecule has 0 saturated carbocycles.